The van der Waals surface area contributed by atoms with Crippen LogP contribution in [0.15, 0.2) is 65.8 Å². The van der Waals surface area contributed by atoms with Crippen LogP contribution in [-0.4, -0.2) is 64.4 Å². The van der Waals surface area contributed by atoms with Crippen molar-refractivity contribution in [3.8, 4) is 0 Å². The fourth-order valence-corrected chi connectivity index (χ4v) is 3.69. The van der Waals surface area contributed by atoms with Gasteiger partial charge in [-0.05, 0) is 17.7 Å². The van der Waals surface area contributed by atoms with Gasteiger partial charge in [0, 0.05) is 44.6 Å². The molecule has 0 unspecified atom stereocenters. The Morgan fingerprint density at radius 3 is 1.97 bits per heavy atom. The molecular weight excluding hydrogens is 380 g/mol. The minimum atomic E-state index is -0.146. The summed E-state index contributed by atoms with van der Waals surface area (Å²) in [6, 6.07) is 18.8. The van der Waals surface area contributed by atoms with Gasteiger partial charge in [-0.15, -0.1) is 0 Å². The second-order valence-electron chi connectivity index (χ2n) is 7.43. The van der Waals surface area contributed by atoms with E-state index in [2.05, 4.69) is 5.10 Å². The number of carbonyl (C=O) groups is 3. The summed E-state index contributed by atoms with van der Waals surface area (Å²) in [5.74, 6) is -0.238. The molecule has 0 aliphatic carbocycles. The van der Waals surface area contributed by atoms with Crippen LogP contribution < -0.4 is 0 Å². The van der Waals surface area contributed by atoms with Crippen LogP contribution in [0.5, 0.6) is 0 Å². The highest BCUT2D eigenvalue weighted by molar-refractivity contribution is 6.39. The second kappa shape index (κ2) is 8.90. The first-order valence-electron chi connectivity index (χ1n) is 10.2. The average molecular weight is 404 g/mol. The van der Waals surface area contributed by atoms with E-state index in [9.17, 15) is 14.4 Å². The number of hydrazone groups is 1. The van der Waals surface area contributed by atoms with Gasteiger partial charge in [0.15, 0.2) is 0 Å². The molecule has 0 aromatic heterocycles. The molecule has 7 nitrogen and oxygen atoms in total. The molecule has 7 heteroatoms. The summed E-state index contributed by atoms with van der Waals surface area (Å²) in [4.78, 5) is 41.3. The maximum absolute atomic E-state index is 13.0. The highest BCUT2D eigenvalue weighted by Gasteiger charge is 2.30. The predicted octanol–water partition coefficient (Wildman–Crippen LogP) is 2.15. The average Bonchev–Trinajstić information content (AvgIpc) is 2.81. The van der Waals surface area contributed by atoms with Gasteiger partial charge in [-0.3, -0.25) is 14.4 Å². The van der Waals surface area contributed by atoms with Gasteiger partial charge in [-0.25, -0.2) is 5.01 Å². The number of piperazine rings is 1. The van der Waals surface area contributed by atoms with Gasteiger partial charge in [0.2, 0.25) is 5.91 Å². The maximum Gasteiger partial charge on any atom is 0.270 e. The lowest BCUT2D eigenvalue weighted by molar-refractivity contribution is -0.132. The fraction of sp³-hybridized carbons (Fsp3) is 0.304. The van der Waals surface area contributed by atoms with Crippen molar-refractivity contribution in [3.63, 3.8) is 0 Å². The first-order chi connectivity index (χ1) is 14.6. The molecule has 0 saturated carbocycles. The summed E-state index contributed by atoms with van der Waals surface area (Å²) >= 11 is 0. The third-order valence-corrected chi connectivity index (χ3v) is 5.40. The minimum Gasteiger partial charge on any atom is -0.335 e. The van der Waals surface area contributed by atoms with Crippen LogP contribution >= 0.6 is 0 Å². The molecule has 2 aromatic rings. The Morgan fingerprint density at radius 2 is 1.33 bits per heavy atom. The molecule has 30 heavy (non-hydrogen) atoms. The van der Waals surface area contributed by atoms with Crippen LogP contribution in [0.3, 0.4) is 0 Å². The molecule has 0 spiro atoms. The van der Waals surface area contributed by atoms with E-state index in [0.717, 1.165) is 5.56 Å². The van der Waals surface area contributed by atoms with Crippen molar-refractivity contribution in [2.24, 2.45) is 5.10 Å². The van der Waals surface area contributed by atoms with Gasteiger partial charge >= 0.3 is 0 Å². The first-order valence-corrected chi connectivity index (χ1v) is 10.2. The largest absolute Gasteiger partial charge is 0.335 e. The smallest absolute Gasteiger partial charge is 0.270 e. The Bertz CT molecular complexity index is 951. The van der Waals surface area contributed by atoms with E-state index in [4.69, 9.17) is 0 Å². The van der Waals surface area contributed by atoms with Crippen molar-refractivity contribution < 1.29 is 14.4 Å². The molecule has 2 aliphatic heterocycles. The molecule has 0 N–H and O–H groups in total. The number of nitrogens with zero attached hydrogens (tertiary/aromatic N) is 4. The molecular formula is C23H24N4O3. The van der Waals surface area contributed by atoms with Crippen LogP contribution in [0.25, 0.3) is 0 Å². The quantitative estimate of drug-likeness (QED) is 0.784. The van der Waals surface area contributed by atoms with Crippen molar-refractivity contribution in [3.05, 3.63) is 71.8 Å². The molecule has 0 radical (unpaired) electrons. The lowest BCUT2D eigenvalue weighted by Crippen LogP contribution is -2.52. The van der Waals surface area contributed by atoms with Crippen LogP contribution in [0.4, 0.5) is 0 Å². The lowest BCUT2D eigenvalue weighted by Gasteiger charge is -2.35. The molecule has 154 valence electrons. The van der Waals surface area contributed by atoms with Crippen LogP contribution in [-0.2, 0) is 16.1 Å². The second-order valence-corrected chi connectivity index (χ2v) is 7.43. The van der Waals surface area contributed by atoms with E-state index in [-0.39, 0.29) is 24.1 Å². The SMILES string of the molecule is O=C(C1=NN(Cc2ccccc2)C(=O)CC1)N1CCN(C(=O)c2ccccc2)CC1. The summed E-state index contributed by atoms with van der Waals surface area (Å²) < 4.78 is 0. The van der Waals surface area contributed by atoms with Crippen LogP contribution in [0, 0.1) is 0 Å². The number of carbonyl (C=O) groups excluding carboxylic acids is 3. The van der Waals surface area contributed by atoms with Crippen molar-refractivity contribution in [2.45, 2.75) is 19.4 Å². The Balaban J connectivity index is 1.38. The highest BCUT2D eigenvalue weighted by Crippen LogP contribution is 2.16. The zero-order valence-corrected chi connectivity index (χ0v) is 16.7. The Hall–Kier alpha value is -3.48. The Labute approximate surface area is 175 Å². The van der Waals surface area contributed by atoms with Gasteiger partial charge in [-0.1, -0.05) is 48.5 Å². The predicted molar refractivity (Wildman–Crippen MR) is 113 cm³/mol. The van der Waals surface area contributed by atoms with E-state index in [1.54, 1.807) is 21.9 Å². The molecule has 2 aromatic carbocycles. The molecule has 2 aliphatic rings. The zero-order chi connectivity index (χ0) is 20.9. The minimum absolute atomic E-state index is 0.0164. The van der Waals surface area contributed by atoms with Gasteiger partial charge in [0.05, 0.1) is 6.54 Å². The first kappa shape index (κ1) is 19.8. The third-order valence-electron chi connectivity index (χ3n) is 5.40. The number of hydrogen-bond acceptors (Lipinski definition) is 4. The molecule has 1 fully saturated rings. The number of hydrogen-bond donors (Lipinski definition) is 0. The summed E-state index contributed by atoms with van der Waals surface area (Å²) in [6.07, 6.45) is 0.635. The Kier molecular flexibility index (Phi) is 5.88. The van der Waals surface area contributed by atoms with E-state index in [1.807, 2.05) is 48.5 Å². The van der Waals surface area contributed by atoms with Crippen molar-refractivity contribution >= 4 is 23.4 Å². The fourth-order valence-electron chi connectivity index (χ4n) is 3.69. The molecule has 1 saturated heterocycles. The Morgan fingerprint density at radius 1 is 0.767 bits per heavy atom. The van der Waals surface area contributed by atoms with Gasteiger partial charge in [0.1, 0.15) is 5.71 Å². The third kappa shape index (κ3) is 4.40. The van der Waals surface area contributed by atoms with Crippen LogP contribution in [0.1, 0.15) is 28.8 Å². The van der Waals surface area contributed by atoms with E-state index < -0.39 is 0 Å². The zero-order valence-electron chi connectivity index (χ0n) is 16.7. The van der Waals surface area contributed by atoms with Crippen molar-refractivity contribution in [2.75, 3.05) is 26.2 Å². The van der Waals surface area contributed by atoms with Crippen molar-refractivity contribution in [1.29, 1.82) is 0 Å². The lowest BCUT2D eigenvalue weighted by atomic mass is 10.1. The van der Waals surface area contributed by atoms with Gasteiger partial charge < -0.3 is 9.80 Å². The monoisotopic (exact) mass is 404 g/mol. The molecule has 2 heterocycles. The number of benzene rings is 2. The molecule has 0 atom stereocenters. The summed E-state index contributed by atoms with van der Waals surface area (Å²) in [5.41, 5.74) is 2.04. The summed E-state index contributed by atoms with van der Waals surface area (Å²) in [6.45, 7) is 2.25. The number of amides is 3. The topological polar surface area (TPSA) is 73.3 Å². The maximum atomic E-state index is 13.0. The normalized spacial score (nSPS) is 17.0. The molecule has 3 amide bonds. The summed E-state index contributed by atoms with van der Waals surface area (Å²) in [7, 11) is 0. The highest BCUT2D eigenvalue weighted by atomic mass is 16.2. The van der Waals surface area contributed by atoms with Gasteiger partial charge in [-0.2, -0.15) is 5.10 Å². The van der Waals surface area contributed by atoms with Gasteiger partial charge in [0.25, 0.3) is 11.8 Å². The molecule has 0 bridgehead atoms. The van der Waals surface area contributed by atoms with E-state index in [1.165, 1.54) is 5.01 Å². The molecule has 4 rings (SSSR count). The summed E-state index contributed by atoms with van der Waals surface area (Å²) in [5, 5.41) is 5.75. The van der Waals surface area contributed by atoms with E-state index >= 15 is 0 Å². The van der Waals surface area contributed by atoms with E-state index in [0.29, 0.717) is 50.4 Å². The van der Waals surface area contributed by atoms with Crippen molar-refractivity contribution in [1.82, 2.24) is 14.8 Å². The van der Waals surface area contributed by atoms with Crippen LogP contribution in [0.2, 0.25) is 0 Å². The standard InChI is InChI=1S/C23H24N4O3/c28-21-12-11-20(24-27(21)17-18-7-3-1-4-8-18)23(30)26-15-13-25(14-16-26)22(29)19-9-5-2-6-10-19/h1-10H,11-17H2. The number of rotatable bonds is 4.